The first-order valence-corrected chi connectivity index (χ1v) is 10.7. The fourth-order valence-electron chi connectivity index (χ4n) is 2.83. The van der Waals surface area contributed by atoms with Crippen LogP contribution < -0.4 is 24.8 Å². The highest BCUT2D eigenvalue weighted by atomic mass is 32.2. The summed E-state index contributed by atoms with van der Waals surface area (Å²) in [6.45, 7) is 6.33. The van der Waals surface area contributed by atoms with E-state index in [1.165, 1.54) is 38.1 Å². The van der Waals surface area contributed by atoms with E-state index in [0.29, 0.717) is 22.9 Å². The molecule has 0 spiro atoms. The number of benzene rings is 2. The second kappa shape index (κ2) is 7.96. The molecule has 3 N–H and O–H groups in total. The van der Waals surface area contributed by atoms with Crippen LogP contribution in [0.25, 0.3) is 0 Å². The molecule has 1 aliphatic rings. The van der Waals surface area contributed by atoms with E-state index in [-0.39, 0.29) is 10.8 Å². The van der Waals surface area contributed by atoms with Crippen molar-refractivity contribution >= 4 is 33.2 Å². The zero-order valence-electron chi connectivity index (χ0n) is 17.0. The molecule has 0 radical (unpaired) electrons. The Bertz CT molecular complexity index is 1080. The lowest BCUT2D eigenvalue weighted by molar-refractivity contribution is -0.117. The first-order chi connectivity index (χ1) is 13.9. The maximum absolute atomic E-state index is 12.5. The number of anilines is 2. The van der Waals surface area contributed by atoms with E-state index >= 15 is 0 Å². The minimum Gasteiger partial charge on any atom is -0.449 e. The second-order valence-corrected chi connectivity index (χ2v) is 9.02. The minimum absolute atomic E-state index is 0.0263. The molecule has 30 heavy (non-hydrogen) atoms. The number of rotatable bonds is 6. The average Bonchev–Trinajstić information content (AvgIpc) is 2.94. The molecule has 0 unspecified atom stereocenters. The van der Waals surface area contributed by atoms with Crippen molar-refractivity contribution < 1.29 is 27.5 Å². The van der Waals surface area contributed by atoms with Gasteiger partial charge in [-0.2, -0.15) is 4.72 Å². The van der Waals surface area contributed by atoms with E-state index in [1.807, 2.05) is 0 Å². The van der Waals surface area contributed by atoms with Crippen LogP contribution in [-0.2, 0) is 19.6 Å². The number of amides is 2. The van der Waals surface area contributed by atoms with Crippen molar-refractivity contribution in [3.05, 3.63) is 42.5 Å². The van der Waals surface area contributed by atoms with Gasteiger partial charge in [-0.1, -0.05) is 0 Å². The smallest absolute Gasteiger partial charge is 0.246 e. The fourth-order valence-corrected chi connectivity index (χ4v) is 4.03. The van der Waals surface area contributed by atoms with Crippen molar-refractivity contribution in [2.24, 2.45) is 0 Å². The van der Waals surface area contributed by atoms with Gasteiger partial charge in [-0.25, -0.2) is 8.42 Å². The third-order valence-electron chi connectivity index (χ3n) is 4.13. The van der Waals surface area contributed by atoms with Crippen molar-refractivity contribution in [1.29, 1.82) is 0 Å². The van der Waals surface area contributed by atoms with Crippen LogP contribution in [0.1, 0.15) is 27.7 Å². The van der Waals surface area contributed by atoms with Gasteiger partial charge in [0.05, 0.1) is 10.9 Å². The molecule has 2 aromatic carbocycles. The Morgan fingerprint density at radius 2 is 1.53 bits per heavy atom. The Hall–Kier alpha value is -3.11. The standard InChI is InChI=1S/C20H23N3O6S/c1-12(23-30(26,27)16-8-5-14(6-9-16)21-13(2)24)19(25)22-15-7-10-17-18(11-15)29-20(3,4)28-17/h5-12,23H,1-4H3,(H,21,24)(H,22,25)/t12-/m0/s1. The van der Waals surface area contributed by atoms with Crippen molar-refractivity contribution in [2.45, 2.75) is 44.4 Å². The number of nitrogens with one attached hydrogen (secondary N) is 3. The lowest BCUT2D eigenvalue weighted by atomic mass is 10.2. The highest BCUT2D eigenvalue weighted by Gasteiger charge is 2.32. The number of carbonyl (C=O) groups excluding carboxylic acids is 2. The van der Waals surface area contributed by atoms with Crippen molar-refractivity contribution in [3.63, 3.8) is 0 Å². The van der Waals surface area contributed by atoms with Gasteiger partial charge in [0.2, 0.25) is 27.6 Å². The van der Waals surface area contributed by atoms with Crippen LogP contribution in [0.4, 0.5) is 11.4 Å². The Kier molecular flexibility index (Phi) is 5.73. The lowest BCUT2D eigenvalue weighted by Crippen LogP contribution is -2.41. The van der Waals surface area contributed by atoms with Gasteiger partial charge in [-0.05, 0) is 43.3 Å². The lowest BCUT2D eigenvalue weighted by Gasteiger charge is -2.16. The molecule has 0 aliphatic carbocycles. The van der Waals surface area contributed by atoms with Gasteiger partial charge in [0.25, 0.3) is 0 Å². The van der Waals surface area contributed by atoms with Gasteiger partial charge in [0.15, 0.2) is 11.5 Å². The molecule has 0 fully saturated rings. The maximum atomic E-state index is 12.5. The molecule has 2 aromatic rings. The molecule has 2 amide bonds. The van der Waals surface area contributed by atoms with E-state index in [0.717, 1.165) is 0 Å². The van der Waals surface area contributed by atoms with Crippen LogP contribution in [0.2, 0.25) is 0 Å². The molecule has 9 nitrogen and oxygen atoms in total. The predicted molar refractivity (Wildman–Crippen MR) is 111 cm³/mol. The minimum atomic E-state index is -3.94. The van der Waals surface area contributed by atoms with E-state index in [2.05, 4.69) is 15.4 Å². The molecule has 0 saturated carbocycles. The summed E-state index contributed by atoms with van der Waals surface area (Å²) >= 11 is 0. The number of ether oxygens (including phenoxy) is 2. The molecule has 3 rings (SSSR count). The molecular formula is C20H23N3O6S. The Morgan fingerprint density at radius 1 is 0.933 bits per heavy atom. The molecule has 1 heterocycles. The molecule has 160 valence electrons. The zero-order chi connectivity index (χ0) is 22.1. The Morgan fingerprint density at radius 3 is 2.17 bits per heavy atom. The number of carbonyl (C=O) groups is 2. The molecular weight excluding hydrogens is 410 g/mol. The monoisotopic (exact) mass is 433 g/mol. The normalized spacial score (nSPS) is 15.3. The maximum Gasteiger partial charge on any atom is 0.246 e. The van der Waals surface area contributed by atoms with E-state index in [4.69, 9.17) is 9.47 Å². The van der Waals surface area contributed by atoms with Gasteiger partial charge in [0, 0.05) is 38.2 Å². The molecule has 10 heteroatoms. The van der Waals surface area contributed by atoms with Crippen molar-refractivity contribution in [3.8, 4) is 11.5 Å². The Labute approximate surface area is 174 Å². The quantitative estimate of drug-likeness (QED) is 0.643. The van der Waals surface area contributed by atoms with Crippen LogP contribution in [-0.4, -0.2) is 32.1 Å². The molecule has 0 bridgehead atoms. The van der Waals surface area contributed by atoms with Gasteiger partial charge >= 0.3 is 0 Å². The van der Waals surface area contributed by atoms with Gasteiger partial charge in [-0.3, -0.25) is 9.59 Å². The highest BCUT2D eigenvalue weighted by molar-refractivity contribution is 7.89. The second-order valence-electron chi connectivity index (χ2n) is 7.30. The van der Waals surface area contributed by atoms with Crippen molar-refractivity contribution in [2.75, 3.05) is 10.6 Å². The topological polar surface area (TPSA) is 123 Å². The number of hydrogen-bond acceptors (Lipinski definition) is 6. The van der Waals surface area contributed by atoms with Crippen LogP contribution >= 0.6 is 0 Å². The first kappa shape index (κ1) is 21.6. The van der Waals surface area contributed by atoms with Crippen LogP contribution in [0, 0.1) is 0 Å². The van der Waals surface area contributed by atoms with Crippen molar-refractivity contribution in [1.82, 2.24) is 4.72 Å². The van der Waals surface area contributed by atoms with E-state index in [9.17, 15) is 18.0 Å². The molecule has 1 aliphatic heterocycles. The fraction of sp³-hybridized carbons (Fsp3) is 0.300. The summed E-state index contributed by atoms with van der Waals surface area (Å²) in [5.41, 5.74) is 0.920. The summed E-state index contributed by atoms with van der Waals surface area (Å²) in [5, 5.41) is 5.21. The number of sulfonamides is 1. The Balaban J connectivity index is 1.64. The average molecular weight is 433 g/mol. The first-order valence-electron chi connectivity index (χ1n) is 9.18. The van der Waals surface area contributed by atoms with E-state index in [1.54, 1.807) is 32.0 Å². The third-order valence-corrected chi connectivity index (χ3v) is 5.69. The summed E-state index contributed by atoms with van der Waals surface area (Å²) in [7, 11) is -3.94. The van der Waals surface area contributed by atoms with Crippen LogP contribution in [0.15, 0.2) is 47.4 Å². The van der Waals surface area contributed by atoms with Crippen LogP contribution in [0.5, 0.6) is 11.5 Å². The third kappa shape index (κ3) is 5.08. The summed E-state index contributed by atoms with van der Waals surface area (Å²) in [4.78, 5) is 23.5. The van der Waals surface area contributed by atoms with Gasteiger partial charge < -0.3 is 20.1 Å². The SMILES string of the molecule is CC(=O)Nc1ccc(S(=O)(=O)N[C@@H](C)C(=O)Nc2ccc3c(c2)OC(C)(C)O3)cc1. The predicted octanol–water partition coefficient (Wildman–Crippen LogP) is 2.46. The largest absolute Gasteiger partial charge is 0.449 e. The molecule has 0 aromatic heterocycles. The zero-order valence-corrected chi connectivity index (χ0v) is 17.8. The van der Waals surface area contributed by atoms with Gasteiger partial charge in [-0.15, -0.1) is 0 Å². The number of hydrogen-bond donors (Lipinski definition) is 3. The number of fused-ring (bicyclic) bond motifs is 1. The summed E-state index contributed by atoms with van der Waals surface area (Å²) in [6, 6.07) is 9.52. The summed E-state index contributed by atoms with van der Waals surface area (Å²) in [6.07, 6.45) is 0. The summed E-state index contributed by atoms with van der Waals surface area (Å²) < 4.78 is 38.7. The van der Waals surface area contributed by atoms with Crippen LogP contribution in [0.3, 0.4) is 0 Å². The van der Waals surface area contributed by atoms with Gasteiger partial charge in [0.1, 0.15) is 0 Å². The van der Waals surface area contributed by atoms with E-state index < -0.39 is 27.8 Å². The molecule has 1 atom stereocenters. The highest BCUT2D eigenvalue weighted by Crippen LogP contribution is 2.40. The molecule has 0 saturated heterocycles. The summed E-state index contributed by atoms with van der Waals surface area (Å²) in [5.74, 6) is -0.531.